The van der Waals surface area contributed by atoms with Crippen molar-refractivity contribution in [2.24, 2.45) is 5.92 Å². The largest absolute Gasteiger partial charge is 0.481 e. The van der Waals surface area contributed by atoms with Crippen molar-refractivity contribution >= 4 is 23.8 Å². The number of nitrogens with zero attached hydrogens (tertiary/aromatic N) is 1. The number of piperidine rings is 1. The Balaban J connectivity index is 1.92. The lowest BCUT2D eigenvalue weighted by Crippen LogP contribution is -2.47. The maximum Gasteiger partial charge on any atom is 0.326 e. The van der Waals surface area contributed by atoms with Crippen molar-refractivity contribution in [3.05, 3.63) is 0 Å². The van der Waals surface area contributed by atoms with E-state index >= 15 is 0 Å². The molecule has 0 aliphatic carbocycles. The predicted octanol–water partition coefficient (Wildman–Crippen LogP) is 6.70. The fourth-order valence-electron chi connectivity index (χ4n) is 5.41. The van der Waals surface area contributed by atoms with Gasteiger partial charge in [0.2, 0.25) is 11.8 Å². The number of carboxylic acid groups (broad SMARTS) is 2. The monoisotopic (exact) mass is 552 g/mol. The van der Waals surface area contributed by atoms with Crippen LogP contribution in [0.2, 0.25) is 0 Å². The summed E-state index contributed by atoms with van der Waals surface area (Å²) in [6.07, 6.45) is 22.4. The van der Waals surface area contributed by atoms with Gasteiger partial charge in [-0.05, 0) is 32.1 Å². The average molecular weight is 553 g/mol. The van der Waals surface area contributed by atoms with Crippen LogP contribution >= 0.6 is 0 Å². The van der Waals surface area contributed by atoms with Crippen molar-refractivity contribution in [3.63, 3.8) is 0 Å². The lowest BCUT2D eigenvalue weighted by Gasteiger charge is -2.32. The molecule has 0 radical (unpaired) electrons. The van der Waals surface area contributed by atoms with E-state index in [1.807, 2.05) is 11.8 Å². The second-order valence-corrected chi connectivity index (χ2v) is 11.4. The summed E-state index contributed by atoms with van der Waals surface area (Å²) in [5.41, 5.74) is 0. The first-order valence-corrected chi connectivity index (χ1v) is 15.9. The van der Waals surface area contributed by atoms with Crippen LogP contribution in [0.25, 0.3) is 0 Å². The Morgan fingerprint density at radius 3 is 1.49 bits per heavy atom. The van der Waals surface area contributed by atoms with Crippen molar-refractivity contribution in [2.75, 3.05) is 13.1 Å². The topological polar surface area (TPSA) is 124 Å². The molecule has 1 atom stereocenters. The highest BCUT2D eigenvalue weighted by Crippen LogP contribution is 2.20. The van der Waals surface area contributed by atoms with E-state index in [1.165, 1.54) is 70.6 Å². The number of hydrogen-bond donors (Lipinski definition) is 3. The van der Waals surface area contributed by atoms with Gasteiger partial charge in [-0.3, -0.25) is 14.4 Å². The normalized spacial score (nSPS) is 14.7. The van der Waals surface area contributed by atoms with Crippen molar-refractivity contribution in [2.45, 2.75) is 154 Å². The third-order valence-electron chi connectivity index (χ3n) is 7.94. The van der Waals surface area contributed by atoms with Crippen molar-refractivity contribution in [1.29, 1.82) is 0 Å². The zero-order valence-corrected chi connectivity index (χ0v) is 24.6. The number of hydrogen-bond acceptors (Lipinski definition) is 4. The molecule has 1 fully saturated rings. The molecule has 8 nitrogen and oxygen atoms in total. The summed E-state index contributed by atoms with van der Waals surface area (Å²) >= 11 is 0. The Kier molecular flexibility index (Phi) is 20.3. The number of aliphatic carboxylic acids is 2. The fraction of sp³-hybridized carbons (Fsp3) is 0.871. The van der Waals surface area contributed by atoms with Crippen LogP contribution in [-0.4, -0.2) is 58.0 Å². The molecule has 0 saturated carbocycles. The Bertz CT molecular complexity index is 691. The van der Waals surface area contributed by atoms with Gasteiger partial charge in [-0.1, -0.05) is 103 Å². The lowest BCUT2D eigenvalue weighted by molar-refractivity contribution is -0.143. The minimum absolute atomic E-state index is 0.182. The molecule has 0 unspecified atom stereocenters. The predicted molar refractivity (Wildman–Crippen MR) is 155 cm³/mol. The minimum Gasteiger partial charge on any atom is -0.481 e. The molecular weight excluding hydrogens is 496 g/mol. The van der Waals surface area contributed by atoms with Crippen LogP contribution in [0.1, 0.15) is 148 Å². The molecular formula is C31H56N2O6. The first-order chi connectivity index (χ1) is 18.8. The third-order valence-corrected chi connectivity index (χ3v) is 7.94. The van der Waals surface area contributed by atoms with Crippen molar-refractivity contribution in [3.8, 4) is 0 Å². The van der Waals surface area contributed by atoms with Gasteiger partial charge in [0.25, 0.3) is 0 Å². The minimum atomic E-state index is -0.986. The molecule has 226 valence electrons. The Morgan fingerprint density at radius 2 is 1.10 bits per heavy atom. The molecule has 0 aromatic carbocycles. The summed E-state index contributed by atoms with van der Waals surface area (Å²) in [5.74, 6) is -1.89. The molecule has 3 N–H and O–H groups in total. The highest BCUT2D eigenvalue weighted by molar-refractivity contribution is 5.85. The maximum atomic E-state index is 12.5. The number of carbonyl (C=O) groups excluding carboxylic acids is 2. The molecule has 1 saturated heterocycles. The summed E-state index contributed by atoms with van der Waals surface area (Å²) < 4.78 is 0. The summed E-state index contributed by atoms with van der Waals surface area (Å²) in [7, 11) is 0. The second kappa shape index (κ2) is 22.7. The Labute approximate surface area is 236 Å². The Morgan fingerprint density at radius 1 is 0.692 bits per heavy atom. The molecule has 39 heavy (non-hydrogen) atoms. The molecule has 0 aromatic rings. The Hall–Kier alpha value is -2.12. The maximum absolute atomic E-state index is 12.5. The molecule has 2 amide bonds. The fourth-order valence-corrected chi connectivity index (χ4v) is 5.41. The van der Waals surface area contributed by atoms with E-state index in [-0.39, 0.29) is 17.7 Å². The molecule has 1 heterocycles. The standard InChI is InChI=1S/C31H56N2O6/c1-2-19-27(31(38)39)32-30(37)26-22-24-33(25-23-26)28(34)20-17-15-13-11-9-7-5-3-4-6-8-10-12-14-16-18-21-29(35)36/h26-27H,2-25H2,1H3,(H,32,37)(H,35,36)(H,38,39)/t27-/m0/s1. The molecule has 8 heteroatoms. The van der Waals surface area contributed by atoms with Gasteiger partial charge in [0.1, 0.15) is 6.04 Å². The number of carbonyl (C=O) groups is 4. The molecule has 1 aliphatic heterocycles. The van der Waals surface area contributed by atoms with Crippen LogP contribution in [0.5, 0.6) is 0 Å². The highest BCUT2D eigenvalue weighted by atomic mass is 16.4. The first-order valence-electron chi connectivity index (χ1n) is 15.9. The van der Waals surface area contributed by atoms with Crippen LogP contribution < -0.4 is 5.32 Å². The van der Waals surface area contributed by atoms with Gasteiger partial charge in [-0.15, -0.1) is 0 Å². The van der Waals surface area contributed by atoms with Crippen molar-refractivity contribution < 1.29 is 29.4 Å². The molecule has 1 rings (SSSR count). The van der Waals surface area contributed by atoms with Gasteiger partial charge >= 0.3 is 11.9 Å². The van der Waals surface area contributed by atoms with Crippen LogP contribution in [0.3, 0.4) is 0 Å². The van der Waals surface area contributed by atoms with Crippen LogP contribution in [-0.2, 0) is 19.2 Å². The first kappa shape index (κ1) is 34.9. The van der Waals surface area contributed by atoms with E-state index in [0.29, 0.717) is 51.6 Å². The molecule has 1 aliphatic rings. The molecule has 0 spiro atoms. The number of amides is 2. The van der Waals surface area contributed by atoms with E-state index in [0.717, 1.165) is 32.1 Å². The number of rotatable bonds is 24. The summed E-state index contributed by atoms with van der Waals surface area (Å²) in [4.78, 5) is 48.6. The van der Waals surface area contributed by atoms with E-state index in [9.17, 15) is 24.3 Å². The van der Waals surface area contributed by atoms with Gasteiger partial charge in [-0.2, -0.15) is 0 Å². The lowest BCUT2D eigenvalue weighted by atomic mass is 9.95. The number of carboxylic acids is 2. The molecule has 0 bridgehead atoms. The van der Waals surface area contributed by atoms with Gasteiger partial charge < -0.3 is 20.4 Å². The average Bonchev–Trinajstić information content (AvgIpc) is 2.91. The van der Waals surface area contributed by atoms with E-state index in [1.54, 1.807) is 0 Å². The highest BCUT2D eigenvalue weighted by Gasteiger charge is 2.29. The van der Waals surface area contributed by atoms with Crippen LogP contribution in [0.15, 0.2) is 0 Å². The smallest absolute Gasteiger partial charge is 0.326 e. The van der Waals surface area contributed by atoms with Crippen LogP contribution in [0.4, 0.5) is 0 Å². The van der Waals surface area contributed by atoms with Gasteiger partial charge in [0.05, 0.1) is 0 Å². The van der Waals surface area contributed by atoms with Crippen molar-refractivity contribution in [1.82, 2.24) is 10.2 Å². The third kappa shape index (κ3) is 18.0. The number of nitrogens with one attached hydrogen (secondary N) is 1. The zero-order valence-electron chi connectivity index (χ0n) is 24.6. The summed E-state index contributed by atoms with van der Waals surface area (Å²) in [6, 6.07) is -0.821. The molecule has 0 aromatic heterocycles. The number of likely N-dealkylation sites (tertiary alicyclic amines) is 1. The van der Waals surface area contributed by atoms with Crippen LogP contribution in [0, 0.1) is 5.92 Å². The SMILES string of the molecule is CCC[C@H](NC(=O)C1CCN(C(=O)CCCCCCCCCCCCCCCCCCC(=O)O)CC1)C(=O)O. The number of unbranched alkanes of at least 4 members (excludes halogenated alkanes) is 15. The second-order valence-electron chi connectivity index (χ2n) is 11.4. The zero-order chi connectivity index (χ0) is 28.7. The van der Waals surface area contributed by atoms with Gasteiger partial charge in [0, 0.05) is 31.8 Å². The quantitative estimate of drug-likeness (QED) is 0.114. The summed E-state index contributed by atoms with van der Waals surface area (Å²) in [5, 5.41) is 20.5. The van der Waals surface area contributed by atoms with E-state index in [2.05, 4.69) is 5.32 Å². The van der Waals surface area contributed by atoms with Gasteiger partial charge in [0.15, 0.2) is 0 Å². The summed E-state index contributed by atoms with van der Waals surface area (Å²) in [6.45, 7) is 3.06. The van der Waals surface area contributed by atoms with E-state index in [4.69, 9.17) is 5.11 Å². The van der Waals surface area contributed by atoms with E-state index < -0.39 is 18.0 Å². The van der Waals surface area contributed by atoms with Gasteiger partial charge in [-0.25, -0.2) is 4.79 Å².